The Labute approximate surface area is 166 Å². The van der Waals surface area contributed by atoms with Crippen molar-refractivity contribution in [2.24, 2.45) is 17.8 Å². The molecule has 150 valence electrons. The predicted molar refractivity (Wildman–Crippen MR) is 105 cm³/mol. The van der Waals surface area contributed by atoms with Crippen LogP contribution in [-0.2, 0) is 16.1 Å². The average Bonchev–Trinajstić information content (AvgIpc) is 3.16. The van der Waals surface area contributed by atoms with Crippen LogP contribution in [0, 0.1) is 17.8 Å². The first-order valence-electron chi connectivity index (χ1n) is 10.9. The number of esters is 1. The van der Waals surface area contributed by atoms with E-state index in [1.54, 1.807) is 4.90 Å². The number of nitrogens with one attached hydrogen (secondary N) is 1. The molecule has 0 spiro atoms. The third-order valence-electron chi connectivity index (χ3n) is 7.42. The molecule has 0 radical (unpaired) electrons. The first-order chi connectivity index (χ1) is 13.6. The maximum Gasteiger partial charge on any atom is 0.329 e. The number of carbonyl (C=O) groups excluding carboxylic acids is 2. The number of benzene rings is 1. The van der Waals surface area contributed by atoms with Crippen molar-refractivity contribution in [1.82, 2.24) is 10.2 Å². The minimum absolute atomic E-state index is 0.0209. The Hall–Kier alpha value is -2.04. The lowest BCUT2D eigenvalue weighted by molar-refractivity contribution is -0.149. The number of rotatable bonds is 4. The summed E-state index contributed by atoms with van der Waals surface area (Å²) in [5.41, 5.74) is 0.950. The lowest BCUT2D eigenvalue weighted by atomic mass is 9.53. The Morgan fingerprint density at radius 2 is 1.68 bits per heavy atom. The SMILES string of the molecule is O=C(OCc1ccccc1)[C@@H]1CCCN1C(=O)NC12CC3CC(CC(C3)C1)C2. The zero-order valence-electron chi connectivity index (χ0n) is 16.4. The van der Waals surface area contributed by atoms with E-state index in [4.69, 9.17) is 4.74 Å². The summed E-state index contributed by atoms with van der Waals surface area (Å²) in [5.74, 6) is 2.09. The summed E-state index contributed by atoms with van der Waals surface area (Å²) in [6.07, 6.45) is 9.00. The van der Waals surface area contributed by atoms with Crippen LogP contribution in [0.2, 0.25) is 0 Å². The second-order valence-corrected chi connectivity index (χ2v) is 9.57. The summed E-state index contributed by atoms with van der Waals surface area (Å²) in [5, 5.41) is 3.40. The summed E-state index contributed by atoms with van der Waals surface area (Å²) in [6.45, 7) is 0.907. The number of urea groups is 1. The lowest BCUT2D eigenvalue weighted by Crippen LogP contribution is -2.62. The molecule has 0 aromatic heterocycles. The van der Waals surface area contributed by atoms with Crippen molar-refractivity contribution in [2.45, 2.75) is 69.6 Å². The molecule has 4 saturated carbocycles. The Morgan fingerprint density at radius 3 is 2.32 bits per heavy atom. The second kappa shape index (κ2) is 7.09. The van der Waals surface area contributed by atoms with Gasteiger partial charge in [0, 0.05) is 12.1 Å². The van der Waals surface area contributed by atoms with E-state index in [1.165, 1.54) is 19.3 Å². The maximum atomic E-state index is 13.1. The molecule has 2 amide bonds. The van der Waals surface area contributed by atoms with Crippen molar-refractivity contribution in [2.75, 3.05) is 6.54 Å². The van der Waals surface area contributed by atoms with Crippen molar-refractivity contribution in [3.63, 3.8) is 0 Å². The molecule has 1 aromatic carbocycles. The van der Waals surface area contributed by atoms with Crippen LogP contribution in [-0.4, -0.2) is 35.0 Å². The average molecular weight is 383 g/mol. The monoisotopic (exact) mass is 382 g/mol. The Kier molecular flexibility index (Phi) is 4.56. The molecule has 6 rings (SSSR count). The Bertz CT molecular complexity index is 712. The second-order valence-electron chi connectivity index (χ2n) is 9.57. The van der Waals surface area contributed by atoms with Gasteiger partial charge in [0.05, 0.1) is 0 Å². The van der Waals surface area contributed by atoms with Crippen molar-refractivity contribution in [3.05, 3.63) is 35.9 Å². The van der Waals surface area contributed by atoms with Gasteiger partial charge in [0.1, 0.15) is 12.6 Å². The third-order valence-corrected chi connectivity index (χ3v) is 7.42. The standard InChI is InChI=1S/C23H30N2O3/c26-21(28-15-16-5-2-1-3-6-16)20-7-4-8-25(20)22(27)24-23-12-17-9-18(13-23)11-19(10-17)14-23/h1-3,5-6,17-20H,4,7-15H2,(H,24,27)/t17?,18?,19?,20-,23?/m0/s1. The first kappa shape index (κ1) is 18.0. The first-order valence-corrected chi connectivity index (χ1v) is 10.9. The van der Waals surface area contributed by atoms with Gasteiger partial charge >= 0.3 is 12.0 Å². The maximum absolute atomic E-state index is 13.1. The molecule has 5 fully saturated rings. The van der Waals surface area contributed by atoms with Crippen molar-refractivity contribution < 1.29 is 14.3 Å². The number of ether oxygens (including phenoxy) is 1. The number of hydrogen-bond acceptors (Lipinski definition) is 3. The molecule has 1 N–H and O–H groups in total. The van der Waals surface area contributed by atoms with Crippen LogP contribution in [0.4, 0.5) is 4.79 Å². The summed E-state index contributed by atoms with van der Waals surface area (Å²) in [6, 6.07) is 9.20. The van der Waals surface area contributed by atoms with Gasteiger partial charge in [-0.1, -0.05) is 30.3 Å². The Balaban J connectivity index is 1.21. The highest BCUT2D eigenvalue weighted by atomic mass is 16.5. The molecule has 5 heteroatoms. The largest absolute Gasteiger partial charge is 0.459 e. The molecule has 5 nitrogen and oxygen atoms in total. The van der Waals surface area contributed by atoms with Crippen LogP contribution in [0.3, 0.4) is 0 Å². The van der Waals surface area contributed by atoms with E-state index in [1.807, 2.05) is 30.3 Å². The molecule has 1 heterocycles. The summed E-state index contributed by atoms with van der Waals surface area (Å²) < 4.78 is 5.53. The quantitative estimate of drug-likeness (QED) is 0.804. The molecule has 4 aliphatic carbocycles. The number of hydrogen-bond donors (Lipinski definition) is 1. The van der Waals surface area contributed by atoms with Gasteiger partial charge in [-0.25, -0.2) is 9.59 Å². The van der Waals surface area contributed by atoms with E-state index in [0.717, 1.165) is 49.0 Å². The van der Waals surface area contributed by atoms with Crippen LogP contribution in [0.25, 0.3) is 0 Å². The van der Waals surface area contributed by atoms with E-state index in [-0.39, 0.29) is 24.1 Å². The van der Waals surface area contributed by atoms with Crippen LogP contribution in [0.5, 0.6) is 0 Å². The van der Waals surface area contributed by atoms with Crippen LogP contribution >= 0.6 is 0 Å². The van der Waals surface area contributed by atoms with Crippen LogP contribution < -0.4 is 5.32 Å². The molecule has 1 saturated heterocycles. The Morgan fingerprint density at radius 1 is 1.04 bits per heavy atom. The normalized spacial score (nSPS) is 35.8. The predicted octanol–water partition coefficient (Wildman–Crippen LogP) is 3.87. The number of nitrogens with zero attached hydrogens (tertiary/aromatic N) is 1. The van der Waals surface area contributed by atoms with Gasteiger partial charge in [-0.2, -0.15) is 0 Å². The van der Waals surface area contributed by atoms with E-state index in [0.29, 0.717) is 13.0 Å². The molecule has 1 aliphatic heterocycles. The van der Waals surface area contributed by atoms with Gasteiger partial charge < -0.3 is 15.0 Å². The fourth-order valence-electron chi connectivity index (χ4n) is 6.64. The minimum Gasteiger partial charge on any atom is -0.459 e. The molecule has 1 atom stereocenters. The number of carbonyl (C=O) groups is 2. The zero-order valence-corrected chi connectivity index (χ0v) is 16.4. The molecule has 28 heavy (non-hydrogen) atoms. The molecule has 4 bridgehead atoms. The third kappa shape index (κ3) is 3.40. The fourth-order valence-corrected chi connectivity index (χ4v) is 6.64. The molecular formula is C23H30N2O3. The molecule has 1 aromatic rings. The van der Waals surface area contributed by atoms with Gasteiger partial charge in [-0.15, -0.1) is 0 Å². The van der Waals surface area contributed by atoms with Crippen molar-refractivity contribution >= 4 is 12.0 Å². The topological polar surface area (TPSA) is 58.6 Å². The van der Waals surface area contributed by atoms with Crippen molar-refractivity contribution in [3.8, 4) is 0 Å². The van der Waals surface area contributed by atoms with E-state index in [9.17, 15) is 9.59 Å². The smallest absolute Gasteiger partial charge is 0.329 e. The molecule has 5 aliphatic rings. The van der Waals surface area contributed by atoms with E-state index < -0.39 is 6.04 Å². The zero-order chi connectivity index (χ0) is 19.1. The van der Waals surface area contributed by atoms with Crippen LogP contribution in [0.15, 0.2) is 30.3 Å². The highest BCUT2D eigenvalue weighted by Gasteiger charge is 2.52. The summed E-state index contributed by atoms with van der Waals surface area (Å²) >= 11 is 0. The highest BCUT2D eigenvalue weighted by molar-refractivity contribution is 5.84. The fraction of sp³-hybridized carbons (Fsp3) is 0.652. The van der Waals surface area contributed by atoms with Gasteiger partial charge in [-0.05, 0) is 74.7 Å². The number of amides is 2. The van der Waals surface area contributed by atoms with E-state index >= 15 is 0 Å². The highest BCUT2D eigenvalue weighted by Crippen LogP contribution is 2.55. The minimum atomic E-state index is -0.447. The summed E-state index contributed by atoms with van der Waals surface area (Å²) in [4.78, 5) is 27.5. The number of likely N-dealkylation sites (tertiary alicyclic amines) is 1. The van der Waals surface area contributed by atoms with Gasteiger partial charge in [0.15, 0.2) is 0 Å². The van der Waals surface area contributed by atoms with Gasteiger partial charge in [-0.3, -0.25) is 0 Å². The molecular weight excluding hydrogens is 352 g/mol. The molecule has 0 unspecified atom stereocenters. The van der Waals surface area contributed by atoms with Gasteiger partial charge in [0.2, 0.25) is 0 Å². The van der Waals surface area contributed by atoms with Crippen molar-refractivity contribution in [1.29, 1.82) is 0 Å². The van der Waals surface area contributed by atoms with E-state index in [2.05, 4.69) is 5.32 Å². The van der Waals surface area contributed by atoms with Crippen LogP contribution in [0.1, 0.15) is 56.9 Å². The summed E-state index contributed by atoms with van der Waals surface area (Å²) in [7, 11) is 0. The van der Waals surface area contributed by atoms with Gasteiger partial charge in [0.25, 0.3) is 0 Å². The lowest BCUT2D eigenvalue weighted by Gasteiger charge is -2.57.